The van der Waals surface area contributed by atoms with E-state index in [0.29, 0.717) is 27.1 Å². The Kier molecular flexibility index (Phi) is 7.15. The van der Waals surface area contributed by atoms with Crippen LogP contribution >= 0.6 is 0 Å². The summed E-state index contributed by atoms with van der Waals surface area (Å²) in [6, 6.07) is 62.1. The fourth-order valence-corrected chi connectivity index (χ4v) is 10.5. The molecule has 3 nitrogen and oxygen atoms in total. The number of fused-ring (bicyclic) bond motifs is 4. The average molecular weight is 778 g/mol. The maximum absolute atomic E-state index is 13.9. The minimum absolute atomic E-state index is 0.0434. The van der Waals surface area contributed by atoms with Gasteiger partial charge in [-0.1, -0.05) is 146 Å². The number of nitrogens with zero attached hydrogens (tertiary/aromatic N) is 1. The van der Waals surface area contributed by atoms with Crippen molar-refractivity contribution in [1.82, 2.24) is 4.40 Å². The normalized spacial score (nSPS) is 13.2. The molecule has 0 N–H and O–H groups in total. The maximum Gasteiger partial charge on any atom is 0.197 e. The van der Waals surface area contributed by atoms with Gasteiger partial charge in [-0.3, -0.25) is 9.59 Å². The molecule has 0 amide bonds. The molecule has 1 aliphatic rings. The van der Waals surface area contributed by atoms with Crippen molar-refractivity contribution < 1.29 is 0 Å². The Morgan fingerprint density at radius 3 is 1.38 bits per heavy atom. The average Bonchev–Trinajstić information content (AvgIpc) is 3.31. The molecule has 284 valence electrons. The molecule has 0 fully saturated rings. The van der Waals surface area contributed by atoms with E-state index in [4.69, 9.17) is 0 Å². The van der Waals surface area contributed by atoms with Crippen LogP contribution in [0.1, 0.15) is 50.4 Å². The number of para-hydroxylation sites is 3. The summed E-state index contributed by atoms with van der Waals surface area (Å²) in [6.45, 7) is 0. The van der Waals surface area contributed by atoms with Crippen molar-refractivity contribution in [2.75, 3.05) is 0 Å². The smallest absolute Gasteiger partial charge is 0.197 e. The molecule has 3 heterocycles. The van der Waals surface area contributed by atoms with Crippen molar-refractivity contribution >= 4 is 88.6 Å². The van der Waals surface area contributed by atoms with Crippen molar-refractivity contribution in [3.63, 3.8) is 0 Å². The van der Waals surface area contributed by atoms with Crippen LogP contribution in [0, 0.1) is 0 Å². The van der Waals surface area contributed by atoms with Crippen LogP contribution in [0.25, 0.3) is 88.6 Å². The molecular weight excluding hydrogens is 743 g/mol. The molecule has 0 saturated heterocycles. The Balaban J connectivity index is 0.851. The number of aromatic nitrogens is 1. The Labute approximate surface area is 350 Å². The van der Waals surface area contributed by atoms with Gasteiger partial charge in [-0.15, -0.1) is 0 Å². The van der Waals surface area contributed by atoms with Crippen LogP contribution in [0.5, 0.6) is 0 Å². The van der Waals surface area contributed by atoms with E-state index in [0.717, 1.165) is 60.9 Å². The van der Waals surface area contributed by atoms with Crippen LogP contribution in [-0.2, 0) is 6.42 Å². The van der Waals surface area contributed by atoms with Gasteiger partial charge in [-0.25, -0.2) is 0 Å². The third-order valence-electron chi connectivity index (χ3n) is 13.3. The van der Waals surface area contributed by atoms with Gasteiger partial charge in [0.25, 0.3) is 0 Å². The van der Waals surface area contributed by atoms with Gasteiger partial charge in [-0.2, -0.15) is 0 Å². The first-order valence-electron chi connectivity index (χ1n) is 21.0. The predicted octanol–water partition coefficient (Wildman–Crippen LogP) is 12.3. The fraction of sp³-hybridized carbons (Fsp3) is 0.0345. The highest BCUT2D eigenvalue weighted by Gasteiger charge is 2.27. The van der Waals surface area contributed by atoms with Gasteiger partial charge in [-0.05, 0) is 126 Å². The molecule has 0 unspecified atom stereocenters. The van der Waals surface area contributed by atoms with E-state index in [1.165, 1.54) is 38.6 Å². The predicted molar refractivity (Wildman–Crippen MR) is 255 cm³/mol. The van der Waals surface area contributed by atoms with Gasteiger partial charge in [0.1, 0.15) is 0 Å². The first-order chi connectivity index (χ1) is 30.1. The summed E-state index contributed by atoms with van der Waals surface area (Å²) in [5.41, 5.74) is 12.7. The summed E-state index contributed by atoms with van der Waals surface area (Å²) in [5.74, 6) is 0.230. The van der Waals surface area contributed by atoms with Crippen molar-refractivity contribution in [2.24, 2.45) is 0 Å². The van der Waals surface area contributed by atoms with E-state index >= 15 is 0 Å². The zero-order valence-corrected chi connectivity index (χ0v) is 33.0. The summed E-state index contributed by atoms with van der Waals surface area (Å²) in [4.78, 5) is 27.8. The molecule has 9 aromatic carbocycles. The number of hydrogen-bond acceptors (Lipinski definition) is 2. The number of rotatable bonds is 4. The molecule has 3 aromatic heterocycles. The molecule has 0 bridgehead atoms. The molecule has 0 aliphatic heterocycles. The molecule has 0 spiro atoms. The number of hydrogen-bond donors (Lipinski definition) is 0. The van der Waals surface area contributed by atoms with E-state index in [-0.39, 0.29) is 16.8 Å². The lowest BCUT2D eigenvalue weighted by molar-refractivity contribution is 0.887. The van der Waals surface area contributed by atoms with E-state index < -0.39 is 0 Å². The Hall–Kier alpha value is -7.88. The molecule has 0 atom stereocenters. The minimum atomic E-state index is -0.0434. The van der Waals surface area contributed by atoms with E-state index in [2.05, 4.69) is 156 Å². The van der Waals surface area contributed by atoms with Gasteiger partial charge in [0.15, 0.2) is 10.9 Å². The number of pyridine rings is 3. The lowest BCUT2D eigenvalue weighted by Gasteiger charge is -2.29. The Bertz CT molecular complexity index is 3860. The largest absolute Gasteiger partial charge is 0.306 e. The zero-order chi connectivity index (χ0) is 40.3. The van der Waals surface area contributed by atoms with Gasteiger partial charge in [0, 0.05) is 38.2 Å². The van der Waals surface area contributed by atoms with Crippen LogP contribution in [-0.4, -0.2) is 4.40 Å². The molecule has 61 heavy (non-hydrogen) atoms. The topological polar surface area (TPSA) is 38.5 Å². The van der Waals surface area contributed by atoms with Crippen LogP contribution in [0.15, 0.2) is 186 Å². The van der Waals surface area contributed by atoms with Crippen LogP contribution in [0.4, 0.5) is 0 Å². The summed E-state index contributed by atoms with van der Waals surface area (Å²) in [5, 5.41) is 10.2. The first kappa shape index (κ1) is 34.0. The van der Waals surface area contributed by atoms with Crippen molar-refractivity contribution in [3.8, 4) is 0 Å². The van der Waals surface area contributed by atoms with Crippen LogP contribution in [0.3, 0.4) is 0 Å². The van der Waals surface area contributed by atoms with Gasteiger partial charge < -0.3 is 4.40 Å². The van der Waals surface area contributed by atoms with Gasteiger partial charge >= 0.3 is 0 Å². The standard InChI is InChI=1S/C58H35NO2/c60-57-48-14-5-12-46-52(47-13-6-15-49-55(47)59(54(46)48)56-50(57)16-7-17-51(56)58(49)61)31-36-22-25-37-28-34(20-23-38(37)30-36)18-19-35-21-24-40-32-43(27-26-39(40)29-35)53-44-10-3-1-8-41(44)33-42-9-2-4-11-45(42)53/h1-32,53H,33H2/b19-18+. The zero-order valence-electron chi connectivity index (χ0n) is 33.0. The number of benzene rings is 9. The van der Waals surface area contributed by atoms with Crippen molar-refractivity contribution in [3.05, 3.63) is 246 Å². The van der Waals surface area contributed by atoms with Gasteiger partial charge in [0.2, 0.25) is 0 Å². The summed E-state index contributed by atoms with van der Waals surface area (Å²) >= 11 is 0. The highest BCUT2D eigenvalue weighted by molar-refractivity contribution is 6.16. The van der Waals surface area contributed by atoms with Crippen LogP contribution in [0.2, 0.25) is 0 Å². The second-order valence-corrected chi connectivity index (χ2v) is 16.7. The minimum Gasteiger partial charge on any atom is -0.306 e. The third kappa shape index (κ3) is 5.04. The fourth-order valence-electron chi connectivity index (χ4n) is 10.5. The summed E-state index contributed by atoms with van der Waals surface area (Å²) in [7, 11) is 0. The van der Waals surface area contributed by atoms with Crippen molar-refractivity contribution in [1.29, 1.82) is 0 Å². The monoisotopic (exact) mass is 777 g/mol. The third-order valence-corrected chi connectivity index (χ3v) is 13.3. The Morgan fingerprint density at radius 2 is 0.836 bits per heavy atom. The molecule has 1 aliphatic carbocycles. The second kappa shape index (κ2) is 12.8. The van der Waals surface area contributed by atoms with Crippen LogP contribution < -0.4 is 16.1 Å². The SMILES string of the molecule is O=c1c2cccc3c(=O)c4cccc5c(=Cc6ccc7cc(/C=C/c8ccc9cc(C%10c%11ccccc%11Cc%11ccccc%11%10)ccc9c8)ccc7c6)c6cccc1c6n(c23)c45. The summed E-state index contributed by atoms with van der Waals surface area (Å²) < 4.78 is 2.17. The van der Waals surface area contributed by atoms with E-state index in [1.807, 2.05) is 42.5 Å². The highest BCUT2D eigenvalue weighted by atomic mass is 16.1. The van der Waals surface area contributed by atoms with E-state index in [1.54, 1.807) is 0 Å². The molecule has 3 heteroatoms. The summed E-state index contributed by atoms with van der Waals surface area (Å²) in [6.07, 6.45) is 7.58. The molecule has 13 rings (SSSR count). The second-order valence-electron chi connectivity index (χ2n) is 16.7. The maximum atomic E-state index is 13.9. The molecule has 0 radical (unpaired) electrons. The molecule has 0 saturated carbocycles. The van der Waals surface area contributed by atoms with E-state index in [9.17, 15) is 9.59 Å². The lowest BCUT2D eigenvalue weighted by Crippen LogP contribution is -2.19. The highest BCUT2D eigenvalue weighted by Crippen LogP contribution is 2.42. The van der Waals surface area contributed by atoms with Gasteiger partial charge in [0.05, 0.1) is 16.6 Å². The first-order valence-corrected chi connectivity index (χ1v) is 21.0. The Morgan fingerprint density at radius 1 is 0.410 bits per heavy atom. The molecular formula is C58H35NO2. The van der Waals surface area contributed by atoms with Crippen molar-refractivity contribution in [2.45, 2.75) is 12.3 Å². The molecule has 12 aromatic rings. The quantitative estimate of drug-likeness (QED) is 0.101. The lowest BCUT2D eigenvalue weighted by atomic mass is 9.74.